The fraction of sp³-hybridized carbons (Fsp3) is 1.00. The molecule has 2 unspecified atom stereocenters. The Balaban J connectivity index is 1.44. The minimum absolute atomic E-state index is 0.463. The predicted octanol–water partition coefficient (Wildman–Crippen LogP) is 0.102. The molecule has 3 heteroatoms. The van der Waals surface area contributed by atoms with Gasteiger partial charge in [-0.25, -0.2) is 0 Å². The molecular formula is C10H18N2O. The molecule has 0 bridgehead atoms. The van der Waals surface area contributed by atoms with Gasteiger partial charge in [0.15, 0.2) is 0 Å². The molecule has 0 aromatic carbocycles. The molecule has 1 heterocycles. The first-order chi connectivity index (χ1) is 6.28. The van der Waals surface area contributed by atoms with Crippen LogP contribution in [0.1, 0.15) is 19.3 Å². The third-order valence-corrected chi connectivity index (χ3v) is 3.98. The number of hydrogen-bond acceptors (Lipinski definition) is 3. The van der Waals surface area contributed by atoms with Gasteiger partial charge in [0.25, 0.3) is 0 Å². The average Bonchev–Trinajstić information content (AvgIpc) is 2.62. The predicted molar refractivity (Wildman–Crippen MR) is 50.4 cm³/mol. The van der Waals surface area contributed by atoms with E-state index >= 15 is 0 Å². The van der Waals surface area contributed by atoms with Gasteiger partial charge in [-0.05, 0) is 25.2 Å². The van der Waals surface area contributed by atoms with Crippen molar-refractivity contribution >= 4 is 0 Å². The average molecular weight is 182 g/mol. The Kier molecular flexibility index (Phi) is 1.70. The summed E-state index contributed by atoms with van der Waals surface area (Å²) >= 11 is 0. The van der Waals surface area contributed by atoms with Crippen LogP contribution in [0.3, 0.4) is 0 Å². The van der Waals surface area contributed by atoms with Crippen molar-refractivity contribution in [3.63, 3.8) is 0 Å². The summed E-state index contributed by atoms with van der Waals surface area (Å²) in [5, 5.41) is 3.61. The van der Waals surface area contributed by atoms with E-state index in [1.807, 2.05) is 0 Å². The number of nitrogens with one attached hydrogen (secondary N) is 1. The second-order valence-corrected chi connectivity index (χ2v) is 5.09. The van der Waals surface area contributed by atoms with E-state index in [9.17, 15) is 0 Å². The Morgan fingerprint density at radius 3 is 2.85 bits per heavy atom. The van der Waals surface area contributed by atoms with Crippen LogP contribution < -0.4 is 11.1 Å². The van der Waals surface area contributed by atoms with Crippen molar-refractivity contribution in [2.24, 2.45) is 17.1 Å². The van der Waals surface area contributed by atoms with Gasteiger partial charge in [-0.15, -0.1) is 0 Å². The molecular weight excluding hydrogens is 164 g/mol. The third-order valence-electron chi connectivity index (χ3n) is 3.98. The fourth-order valence-electron chi connectivity index (χ4n) is 2.69. The van der Waals surface area contributed by atoms with E-state index in [-0.39, 0.29) is 0 Å². The largest absolute Gasteiger partial charge is 0.380 e. The lowest BCUT2D eigenvalue weighted by molar-refractivity contribution is 0.142. The number of fused-ring (bicyclic) bond motifs is 1. The summed E-state index contributed by atoms with van der Waals surface area (Å²) in [4.78, 5) is 0. The molecule has 74 valence electrons. The molecule has 1 aliphatic heterocycles. The van der Waals surface area contributed by atoms with Crippen LogP contribution in [0.5, 0.6) is 0 Å². The van der Waals surface area contributed by atoms with Crippen molar-refractivity contribution in [3.05, 3.63) is 0 Å². The maximum absolute atomic E-state index is 5.73. The lowest BCUT2D eigenvalue weighted by Crippen LogP contribution is -2.50. The van der Waals surface area contributed by atoms with Crippen LogP contribution in [-0.2, 0) is 4.74 Å². The van der Waals surface area contributed by atoms with E-state index in [1.54, 1.807) is 0 Å². The van der Waals surface area contributed by atoms with Crippen molar-refractivity contribution in [3.8, 4) is 0 Å². The van der Waals surface area contributed by atoms with E-state index in [0.717, 1.165) is 25.7 Å². The lowest BCUT2D eigenvalue weighted by Gasteiger charge is -2.34. The minimum Gasteiger partial charge on any atom is -0.380 e. The van der Waals surface area contributed by atoms with Crippen LogP contribution in [0.25, 0.3) is 0 Å². The Morgan fingerprint density at radius 1 is 1.46 bits per heavy atom. The molecule has 3 nitrogen and oxygen atoms in total. The maximum atomic E-state index is 5.73. The Hall–Kier alpha value is -0.120. The number of ether oxygens (including phenoxy) is 1. The molecule has 2 aliphatic carbocycles. The van der Waals surface area contributed by atoms with Gasteiger partial charge in [0.2, 0.25) is 0 Å². The van der Waals surface area contributed by atoms with Crippen LogP contribution in [-0.4, -0.2) is 31.8 Å². The van der Waals surface area contributed by atoms with Gasteiger partial charge in [0, 0.05) is 24.0 Å². The van der Waals surface area contributed by atoms with Gasteiger partial charge in [0.05, 0.1) is 13.2 Å². The van der Waals surface area contributed by atoms with Crippen molar-refractivity contribution in [1.82, 2.24) is 5.32 Å². The van der Waals surface area contributed by atoms with Crippen molar-refractivity contribution in [1.29, 1.82) is 0 Å². The second-order valence-electron chi connectivity index (χ2n) is 5.09. The fourth-order valence-corrected chi connectivity index (χ4v) is 2.69. The monoisotopic (exact) mass is 182 g/mol. The van der Waals surface area contributed by atoms with E-state index in [4.69, 9.17) is 10.5 Å². The van der Waals surface area contributed by atoms with Crippen LogP contribution in [0.4, 0.5) is 0 Å². The molecule has 3 rings (SSSR count). The first-order valence-electron chi connectivity index (χ1n) is 5.35. The van der Waals surface area contributed by atoms with Gasteiger partial charge in [-0.1, -0.05) is 0 Å². The molecule has 0 spiro atoms. The number of hydrogen-bond donors (Lipinski definition) is 2. The summed E-state index contributed by atoms with van der Waals surface area (Å²) in [6.45, 7) is 3.16. The molecule has 3 aliphatic rings. The lowest BCUT2D eigenvalue weighted by atomic mass is 9.87. The molecule has 2 saturated carbocycles. The highest BCUT2D eigenvalue weighted by Crippen LogP contribution is 2.56. The highest BCUT2D eigenvalue weighted by atomic mass is 16.5. The number of rotatable bonds is 3. The highest BCUT2D eigenvalue weighted by Gasteiger charge is 2.58. The zero-order valence-electron chi connectivity index (χ0n) is 7.96. The van der Waals surface area contributed by atoms with Gasteiger partial charge in [0.1, 0.15) is 0 Å². The molecule has 2 atom stereocenters. The van der Waals surface area contributed by atoms with E-state index in [0.29, 0.717) is 17.5 Å². The van der Waals surface area contributed by atoms with E-state index in [2.05, 4.69) is 5.32 Å². The third kappa shape index (κ3) is 1.30. The van der Waals surface area contributed by atoms with Crippen LogP contribution in [0.15, 0.2) is 0 Å². The topological polar surface area (TPSA) is 47.3 Å². The Morgan fingerprint density at radius 2 is 2.31 bits per heavy atom. The van der Waals surface area contributed by atoms with Crippen molar-refractivity contribution in [2.75, 3.05) is 19.8 Å². The molecule has 0 amide bonds. The minimum atomic E-state index is 0.463. The zero-order chi connectivity index (χ0) is 8.89. The van der Waals surface area contributed by atoms with E-state index < -0.39 is 0 Å². The first-order valence-corrected chi connectivity index (χ1v) is 5.35. The van der Waals surface area contributed by atoms with Crippen LogP contribution in [0, 0.1) is 11.3 Å². The molecule has 3 fully saturated rings. The molecule has 3 N–H and O–H groups in total. The van der Waals surface area contributed by atoms with Crippen molar-refractivity contribution in [2.45, 2.75) is 31.3 Å². The molecule has 0 aromatic rings. The molecule has 1 saturated heterocycles. The van der Waals surface area contributed by atoms with E-state index in [1.165, 1.54) is 19.3 Å². The van der Waals surface area contributed by atoms with Crippen LogP contribution >= 0.6 is 0 Å². The first kappa shape index (κ1) is 8.21. The summed E-state index contributed by atoms with van der Waals surface area (Å²) in [5.74, 6) is 0.869. The number of nitrogens with two attached hydrogens (primary N) is 1. The summed E-state index contributed by atoms with van der Waals surface area (Å²) in [6.07, 6.45) is 3.72. The normalized spacial score (nSPS) is 52.8. The summed E-state index contributed by atoms with van der Waals surface area (Å²) < 4.78 is 5.45. The second kappa shape index (κ2) is 2.69. The Bertz CT molecular complexity index is 215. The maximum Gasteiger partial charge on any atom is 0.0538 e. The SMILES string of the molecule is NC1CC(NCC23COCC2C3)C1. The van der Waals surface area contributed by atoms with Gasteiger partial charge < -0.3 is 15.8 Å². The summed E-state index contributed by atoms with van der Waals surface area (Å²) in [5.41, 5.74) is 6.27. The summed E-state index contributed by atoms with van der Waals surface area (Å²) in [7, 11) is 0. The van der Waals surface area contributed by atoms with Gasteiger partial charge in [-0.3, -0.25) is 0 Å². The molecule has 0 radical (unpaired) electrons. The molecule has 0 aromatic heterocycles. The van der Waals surface area contributed by atoms with Crippen molar-refractivity contribution < 1.29 is 4.74 Å². The highest BCUT2D eigenvalue weighted by molar-refractivity contribution is 5.07. The summed E-state index contributed by atoms with van der Waals surface area (Å²) in [6, 6.07) is 1.16. The standard InChI is InChI=1S/C10H18N2O/c11-8-1-9(2-8)12-5-10-3-7(10)4-13-6-10/h7-9,12H,1-6,11H2. The Labute approximate surface area is 79.0 Å². The van der Waals surface area contributed by atoms with Crippen LogP contribution in [0.2, 0.25) is 0 Å². The quantitative estimate of drug-likeness (QED) is 0.651. The molecule has 13 heavy (non-hydrogen) atoms. The zero-order valence-corrected chi connectivity index (χ0v) is 7.96. The smallest absolute Gasteiger partial charge is 0.0538 e. The van der Waals surface area contributed by atoms with Gasteiger partial charge >= 0.3 is 0 Å². The van der Waals surface area contributed by atoms with Gasteiger partial charge in [-0.2, -0.15) is 0 Å².